The number of piperidine rings is 1. The summed E-state index contributed by atoms with van der Waals surface area (Å²) in [5.41, 5.74) is -0.472. The van der Waals surface area contributed by atoms with Crippen molar-refractivity contribution in [2.45, 2.75) is 46.1 Å². The number of rotatable bonds is 4. The molecule has 2 amide bonds. The lowest BCUT2D eigenvalue weighted by Gasteiger charge is -2.34. The van der Waals surface area contributed by atoms with Crippen molar-refractivity contribution in [3.63, 3.8) is 0 Å². The van der Waals surface area contributed by atoms with Crippen LogP contribution in [-0.2, 0) is 9.53 Å². The van der Waals surface area contributed by atoms with E-state index >= 15 is 0 Å². The molecule has 5 heteroatoms. The second-order valence-corrected chi connectivity index (χ2v) is 7.01. The summed E-state index contributed by atoms with van der Waals surface area (Å²) in [6.45, 7) is 9.67. The van der Waals surface area contributed by atoms with E-state index in [0.29, 0.717) is 12.5 Å². The molecule has 1 aliphatic heterocycles. The quantitative estimate of drug-likeness (QED) is 0.590. The highest BCUT2D eigenvalue weighted by molar-refractivity contribution is 5.87. The van der Waals surface area contributed by atoms with Crippen LogP contribution in [0, 0.1) is 5.92 Å². The molecule has 0 aliphatic carbocycles. The molecular weight excluding hydrogens is 292 g/mol. The van der Waals surface area contributed by atoms with Gasteiger partial charge in [0.05, 0.1) is 0 Å². The number of carbonyl (C=O) groups excluding carboxylic acids is 2. The number of carbonyl (C=O) groups is 2. The van der Waals surface area contributed by atoms with Crippen LogP contribution in [-0.4, -0.2) is 54.1 Å². The van der Waals surface area contributed by atoms with Crippen molar-refractivity contribution < 1.29 is 14.3 Å². The molecule has 1 aliphatic rings. The average Bonchev–Trinajstić information content (AvgIpc) is 2.46. The highest BCUT2D eigenvalue weighted by Gasteiger charge is 2.25. The van der Waals surface area contributed by atoms with Crippen LogP contribution in [0.4, 0.5) is 4.79 Å². The first kappa shape index (κ1) is 19.3. The smallest absolute Gasteiger partial charge is 0.410 e. The number of hydrogen-bond acceptors (Lipinski definition) is 3. The molecule has 1 saturated heterocycles. The predicted molar refractivity (Wildman–Crippen MR) is 92.1 cm³/mol. The summed E-state index contributed by atoms with van der Waals surface area (Å²) in [6, 6.07) is 0. The molecule has 0 aromatic heterocycles. The topological polar surface area (TPSA) is 49.9 Å². The first-order valence-corrected chi connectivity index (χ1v) is 8.25. The number of amides is 2. The zero-order valence-corrected chi connectivity index (χ0v) is 15.0. The van der Waals surface area contributed by atoms with Crippen molar-refractivity contribution in [3.8, 4) is 0 Å². The number of hydrogen-bond donors (Lipinski definition) is 0. The van der Waals surface area contributed by atoms with Crippen LogP contribution in [0.15, 0.2) is 24.3 Å². The molecule has 0 spiro atoms. The molecule has 1 fully saturated rings. The maximum absolute atomic E-state index is 12.0. The first-order chi connectivity index (χ1) is 10.7. The number of ether oxygens (including phenoxy) is 1. The van der Waals surface area contributed by atoms with Crippen molar-refractivity contribution in [1.29, 1.82) is 0 Å². The summed E-state index contributed by atoms with van der Waals surface area (Å²) >= 11 is 0. The second kappa shape index (κ2) is 8.75. The lowest BCUT2D eigenvalue weighted by Crippen LogP contribution is -2.42. The van der Waals surface area contributed by atoms with Crippen LogP contribution in [0.25, 0.3) is 0 Å². The first-order valence-electron chi connectivity index (χ1n) is 8.25. The summed E-state index contributed by atoms with van der Waals surface area (Å²) in [5.74, 6) is 0.470. The van der Waals surface area contributed by atoms with Crippen LogP contribution in [0.2, 0.25) is 0 Å². The minimum Gasteiger partial charge on any atom is -0.444 e. The molecule has 1 rings (SSSR count). The van der Waals surface area contributed by atoms with Crippen LogP contribution in [0.5, 0.6) is 0 Å². The minimum absolute atomic E-state index is 0.0575. The Morgan fingerprint density at radius 2 is 1.83 bits per heavy atom. The van der Waals surface area contributed by atoms with Gasteiger partial charge in [0.15, 0.2) is 0 Å². The van der Waals surface area contributed by atoms with Gasteiger partial charge in [-0.3, -0.25) is 4.79 Å². The molecule has 0 radical (unpaired) electrons. The Labute approximate surface area is 140 Å². The number of likely N-dealkylation sites (tertiary alicyclic amines) is 1. The molecule has 0 N–H and O–H groups in total. The Bertz CT molecular complexity index is 455. The second-order valence-electron chi connectivity index (χ2n) is 7.01. The lowest BCUT2D eigenvalue weighted by atomic mass is 9.96. The van der Waals surface area contributed by atoms with Gasteiger partial charge in [-0.25, -0.2) is 4.79 Å². The molecule has 23 heavy (non-hydrogen) atoms. The van der Waals surface area contributed by atoms with Gasteiger partial charge >= 0.3 is 6.09 Å². The van der Waals surface area contributed by atoms with Gasteiger partial charge in [-0.05, 0) is 46.5 Å². The zero-order valence-electron chi connectivity index (χ0n) is 15.0. The van der Waals surface area contributed by atoms with Crippen molar-refractivity contribution >= 4 is 12.0 Å². The fourth-order valence-corrected chi connectivity index (χ4v) is 2.49. The van der Waals surface area contributed by atoms with Gasteiger partial charge in [-0.15, -0.1) is 0 Å². The van der Waals surface area contributed by atoms with Crippen LogP contribution in [0.3, 0.4) is 0 Å². The fourth-order valence-electron chi connectivity index (χ4n) is 2.49. The van der Waals surface area contributed by atoms with E-state index in [2.05, 4.69) is 0 Å². The molecule has 130 valence electrons. The van der Waals surface area contributed by atoms with E-state index in [1.54, 1.807) is 24.1 Å². The molecule has 0 saturated carbocycles. The molecule has 0 unspecified atom stereocenters. The maximum atomic E-state index is 12.0. The van der Waals surface area contributed by atoms with E-state index in [-0.39, 0.29) is 12.0 Å². The van der Waals surface area contributed by atoms with Crippen LogP contribution >= 0.6 is 0 Å². The van der Waals surface area contributed by atoms with Gasteiger partial charge in [0.2, 0.25) is 5.91 Å². The summed E-state index contributed by atoms with van der Waals surface area (Å²) in [7, 11) is 1.77. The minimum atomic E-state index is -0.472. The zero-order chi connectivity index (χ0) is 17.5. The lowest BCUT2D eigenvalue weighted by molar-refractivity contribution is -0.127. The molecule has 1 heterocycles. The highest BCUT2D eigenvalue weighted by Crippen LogP contribution is 2.19. The van der Waals surface area contributed by atoms with Gasteiger partial charge < -0.3 is 14.5 Å². The molecule has 0 aromatic carbocycles. The van der Waals surface area contributed by atoms with E-state index in [4.69, 9.17) is 4.74 Å². The van der Waals surface area contributed by atoms with Crippen molar-refractivity contribution in [2.75, 3.05) is 26.7 Å². The largest absolute Gasteiger partial charge is 0.444 e. The van der Waals surface area contributed by atoms with E-state index < -0.39 is 5.60 Å². The average molecular weight is 322 g/mol. The maximum Gasteiger partial charge on any atom is 0.410 e. The fraction of sp³-hybridized carbons (Fsp3) is 0.667. The predicted octanol–water partition coefficient (Wildman–Crippen LogP) is 3.22. The van der Waals surface area contributed by atoms with Gasteiger partial charge in [0.25, 0.3) is 0 Å². The summed E-state index contributed by atoms with van der Waals surface area (Å²) in [6.07, 6.45) is 8.65. The van der Waals surface area contributed by atoms with Gasteiger partial charge in [-0.2, -0.15) is 0 Å². The Morgan fingerprint density at radius 1 is 1.22 bits per heavy atom. The van der Waals surface area contributed by atoms with Crippen molar-refractivity contribution in [2.24, 2.45) is 5.92 Å². The van der Waals surface area contributed by atoms with Crippen molar-refractivity contribution in [3.05, 3.63) is 24.3 Å². The third-order valence-electron chi connectivity index (χ3n) is 3.71. The number of allylic oxidation sites excluding steroid dienone is 3. The third kappa shape index (κ3) is 7.35. The Morgan fingerprint density at radius 3 is 2.35 bits per heavy atom. The summed E-state index contributed by atoms with van der Waals surface area (Å²) in [5, 5.41) is 0. The van der Waals surface area contributed by atoms with Gasteiger partial charge in [0, 0.05) is 32.8 Å². The Kier molecular flexibility index (Phi) is 7.33. The number of nitrogens with zero attached hydrogens (tertiary/aromatic N) is 2. The van der Waals surface area contributed by atoms with Crippen LogP contribution in [0.1, 0.15) is 40.5 Å². The van der Waals surface area contributed by atoms with E-state index in [0.717, 1.165) is 25.9 Å². The Hall–Kier alpha value is -1.78. The Balaban J connectivity index is 2.39. The molecular formula is C18H30N2O3. The summed E-state index contributed by atoms with van der Waals surface area (Å²) in [4.78, 5) is 27.5. The molecule has 0 aromatic rings. The van der Waals surface area contributed by atoms with E-state index in [9.17, 15) is 9.59 Å². The third-order valence-corrected chi connectivity index (χ3v) is 3.71. The summed E-state index contributed by atoms with van der Waals surface area (Å²) < 4.78 is 5.36. The highest BCUT2D eigenvalue weighted by atomic mass is 16.6. The van der Waals surface area contributed by atoms with E-state index in [1.807, 2.05) is 44.7 Å². The van der Waals surface area contributed by atoms with E-state index in [1.165, 1.54) is 0 Å². The van der Waals surface area contributed by atoms with Crippen molar-refractivity contribution in [1.82, 2.24) is 9.80 Å². The normalized spacial score (nSPS) is 17.0. The van der Waals surface area contributed by atoms with Gasteiger partial charge in [0.1, 0.15) is 5.60 Å². The standard InChI is InChI=1S/C18H30N2O3/c1-6-7-8-9-16(21)20-12-10-15(11-13-20)14-19(5)17(22)23-18(2,3)4/h6-9,15H,10-14H2,1-5H3. The van der Waals surface area contributed by atoms with Gasteiger partial charge in [-0.1, -0.05) is 18.2 Å². The molecule has 0 atom stereocenters. The van der Waals surface area contributed by atoms with Crippen LogP contribution < -0.4 is 0 Å². The molecule has 5 nitrogen and oxygen atoms in total. The SMILES string of the molecule is CC=CC=CC(=O)N1CCC(CN(C)C(=O)OC(C)(C)C)CC1. The monoisotopic (exact) mass is 322 g/mol. The molecule has 0 bridgehead atoms.